The number of hydrogen-bond donors (Lipinski definition) is 0. The number of ketones is 1. The van der Waals surface area contributed by atoms with Crippen LogP contribution in [0.5, 0.6) is 5.75 Å². The normalized spacial score (nSPS) is 12.0. The van der Waals surface area contributed by atoms with Gasteiger partial charge in [-0.2, -0.15) is 0 Å². The molecule has 0 saturated carbocycles. The Bertz CT molecular complexity index is 1420. The number of methoxy groups -OCH3 is 1. The van der Waals surface area contributed by atoms with Crippen molar-refractivity contribution < 1.29 is 53.6 Å². The molecule has 0 saturated heterocycles. The third-order valence-electron chi connectivity index (χ3n) is 5.88. The largest absolute Gasteiger partial charge is 1.00 e. The number of carbonyl (C=O) groups is 2. The van der Waals surface area contributed by atoms with E-state index in [1.165, 1.54) is 13.2 Å². The molecule has 0 N–H and O–H groups in total. The number of allylic oxidation sites excluding steroid dienone is 1. The molecule has 0 aliphatic rings. The average Bonchev–Trinajstić information content (AvgIpc) is 3.31. The van der Waals surface area contributed by atoms with Crippen molar-refractivity contribution in [1.82, 2.24) is 10.3 Å². The van der Waals surface area contributed by atoms with Crippen molar-refractivity contribution in [3.63, 3.8) is 0 Å². The van der Waals surface area contributed by atoms with E-state index in [0.717, 1.165) is 11.1 Å². The number of fused-ring (bicyclic) bond motifs is 1. The molecule has 0 aliphatic heterocycles. The number of rotatable bonds is 7. The fourth-order valence-corrected chi connectivity index (χ4v) is 3.88. The predicted octanol–water partition coefficient (Wildman–Crippen LogP) is 1.16. The van der Waals surface area contributed by atoms with Crippen molar-refractivity contribution in [2.75, 3.05) is 7.11 Å². The maximum absolute atomic E-state index is 13.7. The van der Waals surface area contributed by atoms with Gasteiger partial charge in [0.15, 0.2) is 5.78 Å². The van der Waals surface area contributed by atoms with Crippen molar-refractivity contribution in [2.45, 2.75) is 32.6 Å². The van der Waals surface area contributed by atoms with Crippen molar-refractivity contribution in [3.8, 4) is 5.75 Å². The molecule has 8 heteroatoms. The van der Waals surface area contributed by atoms with Gasteiger partial charge in [0.25, 0.3) is 0 Å². The van der Waals surface area contributed by atoms with E-state index in [2.05, 4.69) is 31.1 Å². The second-order valence-corrected chi connectivity index (χ2v) is 9.29. The molecule has 7 nitrogen and oxygen atoms in total. The number of benzene rings is 3. The van der Waals surface area contributed by atoms with Crippen LogP contribution in [0.4, 0.5) is 0 Å². The summed E-state index contributed by atoms with van der Waals surface area (Å²) < 4.78 is 9.92. The van der Waals surface area contributed by atoms with E-state index in [9.17, 15) is 14.7 Å². The quantitative estimate of drug-likeness (QED) is 0.217. The van der Waals surface area contributed by atoms with E-state index in [1.54, 1.807) is 36.4 Å². The molecule has 4 aromatic rings. The molecule has 1 aromatic heterocycles. The summed E-state index contributed by atoms with van der Waals surface area (Å²) in [5, 5.41) is 20.0. The van der Waals surface area contributed by atoms with Crippen LogP contribution < -0.4 is 39.4 Å². The smallest absolute Gasteiger partial charge is 0.545 e. The third kappa shape index (κ3) is 5.93. The Hall–Kier alpha value is -3.26. The first kappa shape index (κ1) is 27.3. The summed E-state index contributed by atoms with van der Waals surface area (Å²) in [5.74, 6) is -1.27. The second-order valence-electron chi connectivity index (χ2n) is 9.29. The maximum atomic E-state index is 13.7. The predicted molar refractivity (Wildman–Crippen MR) is 130 cm³/mol. The van der Waals surface area contributed by atoms with Crippen molar-refractivity contribution in [1.29, 1.82) is 0 Å². The average molecular weight is 493 g/mol. The Morgan fingerprint density at radius 3 is 2.08 bits per heavy atom. The Morgan fingerprint density at radius 2 is 1.50 bits per heavy atom. The van der Waals surface area contributed by atoms with Crippen LogP contribution in [-0.4, -0.2) is 29.2 Å². The van der Waals surface area contributed by atoms with E-state index >= 15 is 0 Å². The summed E-state index contributed by atoms with van der Waals surface area (Å²) in [4.78, 5) is 26.1. The van der Waals surface area contributed by atoms with Gasteiger partial charge in [0, 0.05) is 23.1 Å². The zero-order valence-corrected chi connectivity index (χ0v) is 23.0. The summed E-state index contributed by atoms with van der Waals surface area (Å²) in [7, 11) is 1.53. The van der Waals surface area contributed by atoms with Gasteiger partial charge in [0.1, 0.15) is 16.8 Å². The van der Waals surface area contributed by atoms with Gasteiger partial charge in [0.2, 0.25) is 0 Å². The van der Waals surface area contributed by atoms with Gasteiger partial charge in [-0.15, -0.1) is 0 Å². The molecule has 0 amide bonds. The van der Waals surface area contributed by atoms with Crippen molar-refractivity contribution >= 4 is 28.4 Å². The van der Waals surface area contributed by atoms with Crippen LogP contribution in [0.2, 0.25) is 0 Å². The summed E-state index contributed by atoms with van der Waals surface area (Å²) in [6.07, 6.45) is 0.105. The summed E-state index contributed by atoms with van der Waals surface area (Å²) in [6, 6.07) is 19.1. The number of carboxylic acid groups (broad SMARTS) is 1. The summed E-state index contributed by atoms with van der Waals surface area (Å²) in [6.45, 7) is 6.34. The van der Waals surface area contributed by atoms with Crippen LogP contribution in [0.1, 0.15) is 47.8 Å². The van der Waals surface area contributed by atoms with Gasteiger partial charge in [-0.05, 0) is 68.8 Å². The number of carbonyl (C=O) groups excluding carboxylic acids is 2. The monoisotopic (exact) mass is 492 g/mol. The number of hydrogen-bond acceptors (Lipinski definition) is 7. The molecule has 3 aromatic carbocycles. The van der Waals surface area contributed by atoms with Gasteiger partial charge < -0.3 is 14.6 Å². The van der Waals surface area contributed by atoms with Gasteiger partial charge in [-0.25, -0.2) is 4.63 Å². The Kier molecular flexibility index (Phi) is 8.51. The second kappa shape index (κ2) is 11.2. The van der Waals surface area contributed by atoms with E-state index in [-0.39, 0.29) is 58.1 Å². The fourth-order valence-electron chi connectivity index (χ4n) is 3.88. The molecule has 0 bridgehead atoms. The third-order valence-corrected chi connectivity index (χ3v) is 5.88. The molecule has 0 atom stereocenters. The minimum atomic E-state index is -1.45. The minimum absolute atomic E-state index is 0. The first-order chi connectivity index (χ1) is 16.7. The van der Waals surface area contributed by atoms with Crippen LogP contribution in [-0.2, 0) is 16.6 Å². The van der Waals surface area contributed by atoms with Crippen LogP contribution >= 0.6 is 0 Å². The standard InChI is InChI=1S/C28H26N2O5.Na/c1-28(2,3)20-10-5-17(6-11-20)15-22(26(31)18-7-12-21(34-4)13-8-18)25(27(32)33)19-9-14-23-24(16-19)30-35-29-23;/h5-14,16H,15H2,1-4H3,(H,32,33);/q;+1/p-1/b25-22+;. The first-order valence-corrected chi connectivity index (χ1v) is 11.1. The number of ether oxygens (including phenoxy) is 1. The van der Waals surface area contributed by atoms with Crippen molar-refractivity contribution in [2.24, 2.45) is 0 Å². The number of Topliss-reactive ketones (excluding diaryl/α,β-unsaturated/α-hetero) is 1. The topological polar surface area (TPSA) is 105 Å². The zero-order valence-electron chi connectivity index (χ0n) is 21.0. The molecule has 4 rings (SSSR count). The maximum Gasteiger partial charge on any atom is 1.00 e. The Morgan fingerprint density at radius 1 is 0.889 bits per heavy atom. The van der Waals surface area contributed by atoms with Gasteiger partial charge in [-0.3, -0.25) is 4.79 Å². The van der Waals surface area contributed by atoms with Gasteiger partial charge >= 0.3 is 29.6 Å². The molecular weight excluding hydrogens is 467 g/mol. The molecule has 36 heavy (non-hydrogen) atoms. The Labute approximate surface area is 231 Å². The summed E-state index contributed by atoms with van der Waals surface area (Å²) in [5.41, 5.74) is 3.30. The van der Waals surface area contributed by atoms with Gasteiger partial charge in [-0.1, -0.05) is 51.1 Å². The first-order valence-electron chi connectivity index (χ1n) is 11.1. The number of carboxylic acids is 1. The Balaban J connectivity index is 0.00000361. The summed E-state index contributed by atoms with van der Waals surface area (Å²) >= 11 is 0. The van der Waals surface area contributed by atoms with E-state index < -0.39 is 11.8 Å². The fraction of sp³-hybridized carbons (Fsp3) is 0.214. The molecule has 0 fully saturated rings. The molecule has 178 valence electrons. The molecule has 0 spiro atoms. The number of aromatic nitrogens is 2. The van der Waals surface area contributed by atoms with Crippen LogP contribution in [0, 0.1) is 0 Å². The SMILES string of the molecule is COc1ccc(C(=O)/C(Cc2ccc(C(C)(C)C)cc2)=C(/C(=O)[O-])c2ccc3nonc3c2)cc1.[Na+]. The van der Waals surface area contributed by atoms with Crippen molar-refractivity contribution in [3.05, 3.63) is 94.6 Å². The van der Waals surface area contributed by atoms with E-state index in [1.807, 2.05) is 24.3 Å². The van der Waals surface area contributed by atoms with E-state index in [4.69, 9.17) is 9.37 Å². The molecule has 1 heterocycles. The molecular formula is C28H25N2NaO5. The van der Waals surface area contributed by atoms with E-state index in [0.29, 0.717) is 22.3 Å². The van der Waals surface area contributed by atoms with Crippen LogP contribution in [0.15, 0.2) is 76.9 Å². The van der Waals surface area contributed by atoms with Crippen LogP contribution in [0.3, 0.4) is 0 Å². The number of nitrogens with zero attached hydrogens (tertiary/aromatic N) is 2. The minimum Gasteiger partial charge on any atom is -0.545 e. The molecule has 0 aliphatic carbocycles. The van der Waals surface area contributed by atoms with Crippen LogP contribution in [0.25, 0.3) is 16.6 Å². The molecule has 0 unspecified atom stereocenters. The zero-order chi connectivity index (χ0) is 25.2. The number of aliphatic carboxylic acids is 1. The van der Waals surface area contributed by atoms with Gasteiger partial charge in [0.05, 0.1) is 13.1 Å². The molecule has 0 radical (unpaired) electrons.